The molecule has 0 unspecified atom stereocenters. The quantitative estimate of drug-likeness (QED) is 0.647. The fraction of sp³-hybridized carbons (Fsp3) is 0.409. The Hall–Kier alpha value is -3.31. The maximum Gasteiger partial charge on any atom is 0.166 e. The van der Waals surface area contributed by atoms with E-state index in [1.54, 1.807) is 0 Å². The van der Waals surface area contributed by atoms with Crippen molar-refractivity contribution in [3.63, 3.8) is 0 Å². The number of aromatic nitrogens is 5. The van der Waals surface area contributed by atoms with E-state index in [9.17, 15) is 5.26 Å². The Morgan fingerprint density at radius 3 is 2.73 bits per heavy atom. The first-order valence-corrected chi connectivity index (χ1v) is 10.1. The molecule has 0 aromatic carbocycles. The Balaban J connectivity index is 1.57. The SMILES string of the molecule is Cc1c(C#N)nnc(N2CCc3ncc(-c4cnn(CCN(C)C)c4)cc3C2)c1C. The Bertz CT molecular complexity index is 1110. The Morgan fingerprint density at radius 2 is 1.97 bits per heavy atom. The van der Waals surface area contributed by atoms with Gasteiger partial charge in [0, 0.05) is 55.3 Å². The molecule has 0 fully saturated rings. The summed E-state index contributed by atoms with van der Waals surface area (Å²) in [6.45, 7) is 7.30. The Labute approximate surface area is 176 Å². The van der Waals surface area contributed by atoms with Crippen LogP contribution in [0, 0.1) is 25.2 Å². The van der Waals surface area contributed by atoms with Crippen LogP contribution in [0.15, 0.2) is 24.7 Å². The van der Waals surface area contributed by atoms with Crippen molar-refractivity contribution in [2.24, 2.45) is 0 Å². The summed E-state index contributed by atoms with van der Waals surface area (Å²) in [5.41, 5.74) is 6.77. The fourth-order valence-electron chi connectivity index (χ4n) is 3.70. The predicted molar refractivity (Wildman–Crippen MR) is 115 cm³/mol. The third kappa shape index (κ3) is 3.89. The molecule has 1 aliphatic rings. The zero-order valence-electron chi connectivity index (χ0n) is 17.9. The minimum absolute atomic E-state index is 0.392. The van der Waals surface area contributed by atoms with Gasteiger partial charge in [-0.25, -0.2) is 0 Å². The lowest BCUT2D eigenvalue weighted by atomic mass is 10.0. The first-order chi connectivity index (χ1) is 14.5. The van der Waals surface area contributed by atoms with Gasteiger partial charge < -0.3 is 9.80 Å². The smallest absolute Gasteiger partial charge is 0.166 e. The van der Waals surface area contributed by atoms with Gasteiger partial charge in [0.2, 0.25) is 0 Å². The molecule has 8 nitrogen and oxygen atoms in total. The van der Waals surface area contributed by atoms with Gasteiger partial charge in [0.05, 0.1) is 12.7 Å². The van der Waals surface area contributed by atoms with Crippen LogP contribution < -0.4 is 4.90 Å². The summed E-state index contributed by atoms with van der Waals surface area (Å²) in [5, 5.41) is 22.1. The Morgan fingerprint density at radius 1 is 1.13 bits per heavy atom. The van der Waals surface area contributed by atoms with Crippen molar-refractivity contribution in [2.45, 2.75) is 33.4 Å². The number of likely N-dealkylation sites (N-methyl/N-ethyl adjacent to an activating group) is 1. The van der Waals surface area contributed by atoms with E-state index in [1.807, 2.05) is 30.9 Å². The number of nitrogens with zero attached hydrogens (tertiary/aromatic N) is 8. The topological polar surface area (TPSA) is 86.8 Å². The second-order valence-corrected chi connectivity index (χ2v) is 8.03. The van der Waals surface area contributed by atoms with E-state index in [2.05, 4.69) is 57.5 Å². The van der Waals surface area contributed by atoms with Gasteiger partial charge in [-0.05, 0) is 50.7 Å². The molecule has 4 rings (SSSR count). The second kappa shape index (κ2) is 8.20. The van der Waals surface area contributed by atoms with E-state index in [4.69, 9.17) is 4.98 Å². The lowest BCUT2D eigenvalue weighted by molar-refractivity contribution is 0.373. The lowest BCUT2D eigenvalue weighted by Crippen LogP contribution is -2.32. The minimum Gasteiger partial charge on any atom is -0.350 e. The molecule has 3 aromatic heterocycles. The molecule has 0 amide bonds. The molecule has 1 aliphatic heterocycles. The van der Waals surface area contributed by atoms with Gasteiger partial charge in [-0.1, -0.05) is 0 Å². The van der Waals surface area contributed by atoms with Crippen molar-refractivity contribution in [2.75, 3.05) is 32.1 Å². The van der Waals surface area contributed by atoms with Crippen LogP contribution in [0.1, 0.15) is 28.1 Å². The first kappa shape index (κ1) is 20.0. The van der Waals surface area contributed by atoms with Gasteiger partial charge in [-0.3, -0.25) is 9.67 Å². The molecule has 0 aliphatic carbocycles. The number of rotatable bonds is 5. The van der Waals surface area contributed by atoms with Crippen molar-refractivity contribution in [1.82, 2.24) is 29.9 Å². The second-order valence-electron chi connectivity index (χ2n) is 8.03. The van der Waals surface area contributed by atoms with Crippen molar-refractivity contribution in [3.8, 4) is 17.2 Å². The highest BCUT2D eigenvalue weighted by Gasteiger charge is 2.22. The molecule has 154 valence electrons. The average Bonchev–Trinajstić information content (AvgIpc) is 3.22. The minimum atomic E-state index is 0.392. The van der Waals surface area contributed by atoms with Gasteiger partial charge in [-0.15, -0.1) is 10.2 Å². The molecule has 0 atom stereocenters. The number of fused-ring (bicyclic) bond motifs is 1. The monoisotopic (exact) mass is 402 g/mol. The predicted octanol–water partition coefficient (Wildman–Crippen LogP) is 2.35. The maximum atomic E-state index is 9.19. The van der Waals surface area contributed by atoms with Gasteiger partial charge in [0.1, 0.15) is 6.07 Å². The van der Waals surface area contributed by atoms with E-state index in [-0.39, 0.29) is 0 Å². The standard InChI is InChI=1S/C22H26N8/c1-15-16(2)22(27-26-21(15)10-23)29-6-5-20-18(13-29)9-17(11-24-20)19-12-25-30(14-19)8-7-28(3)4/h9,11-12,14H,5-8,13H2,1-4H3. The Kier molecular flexibility index (Phi) is 5.46. The first-order valence-electron chi connectivity index (χ1n) is 10.1. The summed E-state index contributed by atoms with van der Waals surface area (Å²) in [6, 6.07) is 4.32. The molecule has 8 heteroatoms. The number of hydrogen-bond acceptors (Lipinski definition) is 7. The molecular weight excluding hydrogens is 376 g/mol. The fourth-order valence-corrected chi connectivity index (χ4v) is 3.70. The number of anilines is 1. The third-order valence-electron chi connectivity index (χ3n) is 5.69. The van der Waals surface area contributed by atoms with Gasteiger partial charge in [0.15, 0.2) is 11.5 Å². The summed E-state index contributed by atoms with van der Waals surface area (Å²) >= 11 is 0. The number of pyridine rings is 1. The number of hydrogen-bond donors (Lipinski definition) is 0. The molecule has 0 radical (unpaired) electrons. The molecule has 0 saturated heterocycles. The van der Waals surface area contributed by atoms with Crippen molar-refractivity contribution in [1.29, 1.82) is 5.26 Å². The largest absolute Gasteiger partial charge is 0.350 e. The summed E-state index contributed by atoms with van der Waals surface area (Å²) in [4.78, 5) is 9.10. The summed E-state index contributed by atoms with van der Waals surface area (Å²) in [7, 11) is 4.12. The summed E-state index contributed by atoms with van der Waals surface area (Å²) in [6.07, 6.45) is 6.78. The highest BCUT2D eigenvalue weighted by molar-refractivity contribution is 5.63. The van der Waals surface area contributed by atoms with Crippen LogP contribution in [0.4, 0.5) is 5.82 Å². The van der Waals surface area contributed by atoms with Crippen LogP contribution >= 0.6 is 0 Å². The zero-order chi connectivity index (χ0) is 21.3. The maximum absolute atomic E-state index is 9.19. The molecule has 0 spiro atoms. The van der Waals surface area contributed by atoms with Crippen LogP contribution in [-0.2, 0) is 19.5 Å². The molecule has 0 bridgehead atoms. The van der Waals surface area contributed by atoms with Crippen LogP contribution in [-0.4, -0.2) is 57.0 Å². The molecule has 0 saturated carbocycles. The van der Waals surface area contributed by atoms with Crippen LogP contribution in [0.2, 0.25) is 0 Å². The van der Waals surface area contributed by atoms with E-state index >= 15 is 0 Å². The van der Waals surface area contributed by atoms with Crippen LogP contribution in [0.5, 0.6) is 0 Å². The van der Waals surface area contributed by atoms with E-state index in [0.717, 1.165) is 66.4 Å². The zero-order valence-corrected chi connectivity index (χ0v) is 17.9. The van der Waals surface area contributed by atoms with Gasteiger partial charge in [-0.2, -0.15) is 10.4 Å². The lowest BCUT2D eigenvalue weighted by Gasteiger charge is -2.30. The van der Waals surface area contributed by atoms with Gasteiger partial charge >= 0.3 is 0 Å². The normalized spacial score (nSPS) is 13.4. The van der Waals surface area contributed by atoms with E-state index in [0.29, 0.717) is 5.69 Å². The average molecular weight is 403 g/mol. The summed E-state index contributed by atoms with van der Waals surface area (Å²) < 4.78 is 1.97. The number of nitriles is 1. The van der Waals surface area contributed by atoms with E-state index in [1.165, 1.54) is 5.56 Å². The van der Waals surface area contributed by atoms with Gasteiger partial charge in [0.25, 0.3) is 0 Å². The highest BCUT2D eigenvalue weighted by Crippen LogP contribution is 2.29. The van der Waals surface area contributed by atoms with Crippen LogP contribution in [0.25, 0.3) is 11.1 Å². The third-order valence-corrected chi connectivity index (χ3v) is 5.69. The summed E-state index contributed by atoms with van der Waals surface area (Å²) in [5.74, 6) is 0.846. The van der Waals surface area contributed by atoms with Crippen LogP contribution in [0.3, 0.4) is 0 Å². The molecule has 0 N–H and O–H groups in total. The molecule has 3 aromatic rings. The molecule has 4 heterocycles. The molecule has 30 heavy (non-hydrogen) atoms. The van der Waals surface area contributed by atoms with Crippen molar-refractivity contribution >= 4 is 5.82 Å². The van der Waals surface area contributed by atoms with Crippen molar-refractivity contribution < 1.29 is 0 Å². The highest BCUT2D eigenvalue weighted by atomic mass is 15.3. The van der Waals surface area contributed by atoms with E-state index < -0.39 is 0 Å². The molecular formula is C22H26N8. The van der Waals surface area contributed by atoms with Crippen molar-refractivity contribution in [3.05, 3.63) is 52.7 Å².